The lowest BCUT2D eigenvalue weighted by atomic mass is 10.1. The first-order valence-electron chi connectivity index (χ1n) is 8.29. The maximum atomic E-state index is 5.76. The van der Waals surface area contributed by atoms with Crippen molar-refractivity contribution >= 4 is 0 Å². The maximum absolute atomic E-state index is 5.76. The Morgan fingerprint density at radius 3 is 2.86 bits per heavy atom. The van der Waals surface area contributed by atoms with E-state index in [4.69, 9.17) is 9.15 Å². The van der Waals surface area contributed by atoms with E-state index in [0.29, 0.717) is 6.04 Å². The van der Waals surface area contributed by atoms with Gasteiger partial charge in [0.1, 0.15) is 5.76 Å². The minimum Gasteiger partial charge on any atom is -0.468 e. The quantitative estimate of drug-likeness (QED) is 0.719. The molecule has 0 aliphatic heterocycles. The second-order valence-corrected chi connectivity index (χ2v) is 6.62. The third kappa shape index (κ3) is 4.56. The van der Waals surface area contributed by atoms with Crippen LogP contribution in [0, 0.1) is 5.92 Å². The molecule has 0 bridgehead atoms. The van der Waals surface area contributed by atoms with Crippen LogP contribution in [0.4, 0.5) is 0 Å². The third-order valence-corrected chi connectivity index (χ3v) is 4.70. The summed E-state index contributed by atoms with van der Waals surface area (Å²) in [6.45, 7) is 5.93. The Morgan fingerprint density at radius 1 is 1.38 bits per heavy atom. The maximum Gasteiger partial charge on any atom is 0.118 e. The molecule has 2 saturated carbocycles. The van der Waals surface area contributed by atoms with Crippen LogP contribution in [0.15, 0.2) is 16.7 Å². The predicted octanol–water partition coefficient (Wildman–Crippen LogP) is 2.78. The lowest BCUT2D eigenvalue weighted by Crippen LogP contribution is -2.36. The molecule has 0 radical (unpaired) electrons. The summed E-state index contributed by atoms with van der Waals surface area (Å²) in [6, 6.07) is 3.57. The van der Waals surface area contributed by atoms with E-state index >= 15 is 0 Å². The Labute approximate surface area is 127 Å². The van der Waals surface area contributed by atoms with E-state index in [1.807, 2.05) is 6.26 Å². The monoisotopic (exact) mass is 292 g/mol. The molecular formula is C17H28N2O2. The summed E-state index contributed by atoms with van der Waals surface area (Å²) in [4.78, 5) is 2.50. The molecule has 2 fully saturated rings. The molecule has 1 atom stereocenters. The van der Waals surface area contributed by atoms with Gasteiger partial charge in [0.2, 0.25) is 0 Å². The molecule has 2 aliphatic rings. The van der Waals surface area contributed by atoms with Crippen molar-refractivity contribution < 1.29 is 9.15 Å². The van der Waals surface area contributed by atoms with Crippen molar-refractivity contribution in [3.05, 3.63) is 23.7 Å². The molecule has 1 heterocycles. The van der Waals surface area contributed by atoms with Crippen molar-refractivity contribution in [3.8, 4) is 0 Å². The minimum atomic E-state index is 0.623. The average molecular weight is 292 g/mol. The fourth-order valence-electron chi connectivity index (χ4n) is 2.86. The van der Waals surface area contributed by atoms with Gasteiger partial charge in [0.05, 0.1) is 19.4 Å². The fourth-order valence-corrected chi connectivity index (χ4v) is 2.86. The molecule has 0 amide bonds. The van der Waals surface area contributed by atoms with Gasteiger partial charge in [0.15, 0.2) is 0 Å². The Kier molecular flexibility index (Phi) is 4.99. The van der Waals surface area contributed by atoms with E-state index in [1.165, 1.54) is 31.2 Å². The summed E-state index contributed by atoms with van der Waals surface area (Å²) < 4.78 is 11.0. The topological polar surface area (TPSA) is 37.6 Å². The molecule has 1 aromatic rings. The first-order valence-corrected chi connectivity index (χ1v) is 8.29. The number of ether oxygens (including phenoxy) is 1. The number of rotatable bonds is 10. The largest absolute Gasteiger partial charge is 0.468 e. The van der Waals surface area contributed by atoms with Crippen LogP contribution in [0.1, 0.15) is 43.9 Å². The summed E-state index contributed by atoms with van der Waals surface area (Å²) >= 11 is 0. The number of furan rings is 1. The summed E-state index contributed by atoms with van der Waals surface area (Å²) in [5.74, 6) is 1.94. The second-order valence-electron chi connectivity index (χ2n) is 6.62. The molecule has 0 spiro atoms. The molecule has 0 aromatic carbocycles. The predicted molar refractivity (Wildman–Crippen MR) is 83.0 cm³/mol. The number of hydrogen-bond acceptors (Lipinski definition) is 4. The lowest BCUT2D eigenvalue weighted by Gasteiger charge is -2.28. The molecule has 1 unspecified atom stereocenters. The van der Waals surface area contributed by atoms with Crippen molar-refractivity contribution in [1.82, 2.24) is 10.2 Å². The SMILES string of the molecule is COCCN(Cc1cc(CNC2CC2)co1)C(C)C1CC1. The van der Waals surface area contributed by atoms with Crippen LogP contribution in [0.2, 0.25) is 0 Å². The van der Waals surface area contributed by atoms with Gasteiger partial charge in [-0.05, 0) is 44.6 Å². The molecule has 4 heteroatoms. The van der Waals surface area contributed by atoms with Crippen LogP contribution in [-0.2, 0) is 17.8 Å². The van der Waals surface area contributed by atoms with E-state index in [-0.39, 0.29) is 0 Å². The number of nitrogens with zero attached hydrogens (tertiary/aromatic N) is 1. The van der Waals surface area contributed by atoms with Crippen molar-refractivity contribution in [3.63, 3.8) is 0 Å². The Balaban J connectivity index is 1.52. The van der Waals surface area contributed by atoms with E-state index < -0.39 is 0 Å². The smallest absolute Gasteiger partial charge is 0.118 e. The van der Waals surface area contributed by atoms with Crippen LogP contribution in [0.3, 0.4) is 0 Å². The first kappa shape index (κ1) is 15.1. The highest BCUT2D eigenvalue weighted by molar-refractivity contribution is 5.13. The van der Waals surface area contributed by atoms with Gasteiger partial charge in [-0.3, -0.25) is 4.90 Å². The van der Waals surface area contributed by atoms with Gasteiger partial charge in [0, 0.05) is 37.8 Å². The van der Waals surface area contributed by atoms with Crippen molar-refractivity contribution in [2.45, 2.75) is 57.8 Å². The van der Waals surface area contributed by atoms with Gasteiger partial charge in [-0.15, -0.1) is 0 Å². The van der Waals surface area contributed by atoms with E-state index in [1.54, 1.807) is 7.11 Å². The van der Waals surface area contributed by atoms with Gasteiger partial charge >= 0.3 is 0 Å². The van der Waals surface area contributed by atoms with Gasteiger partial charge in [-0.1, -0.05) is 0 Å². The second kappa shape index (κ2) is 6.95. The number of nitrogens with one attached hydrogen (secondary N) is 1. The Hall–Kier alpha value is -0.840. The molecule has 1 aromatic heterocycles. The van der Waals surface area contributed by atoms with Gasteiger partial charge in [-0.25, -0.2) is 0 Å². The molecule has 4 nitrogen and oxygen atoms in total. The van der Waals surface area contributed by atoms with Crippen LogP contribution in [0.25, 0.3) is 0 Å². The third-order valence-electron chi connectivity index (χ3n) is 4.70. The van der Waals surface area contributed by atoms with E-state index in [0.717, 1.165) is 44.0 Å². The minimum absolute atomic E-state index is 0.623. The molecular weight excluding hydrogens is 264 g/mol. The zero-order valence-corrected chi connectivity index (χ0v) is 13.3. The summed E-state index contributed by atoms with van der Waals surface area (Å²) in [5.41, 5.74) is 1.27. The van der Waals surface area contributed by atoms with Crippen LogP contribution < -0.4 is 5.32 Å². The summed E-state index contributed by atoms with van der Waals surface area (Å²) in [7, 11) is 1.77. The molecule has 1 N–H and O–H groups in total. The summed E-state index contributed by atoms with van der Waals surface area (Å²) in [5, 5.41) is 3.53. The van der Waals surface area contributed by atoms with E-state index in [9.17, 15) is 0 Å². The number of methoxy groups -OCH3 is 1. The number of hydrogen-bond donors (Lipinski definition) is 1. The van der Waals surface area contributed by atoms with Crippen molar-refractivity contribution in [1.29, 1.82) is 0 Å². The highest BCUT2D eigenvalue weighted by Crippen LogP contribution is 2.35. The average Bonchev–Trinajstić information content (AvgIpc) is 3.40. The lowest BCUT2D eigenvalue weighted by molar-refractivity contribution is 0.106. The van der Waals surface area contributed by atoms with Gasteiger partial charge in [0.25, 0.3) is 0 Å². The van der Waals surface area contributed by atoms with Crippen molar-refractivity contribution in [2.75, 3.05) is 20.3 Å². The van der Waals surface area contributed by atoms with Crippen LogP contribution in [-0.4, -0.2) is 37.2 Å². The van der Waals surface area contributed by atoms with Gasteiger partial charge < -0.3 is 14.5 Å². The Bertz CT molecular complexity index is 438. The normalized spacial score (nSPS) is 20.1. The molecule has 21 heavy (non-hydrogen) atoms. The molecule has 2 aliphatic carbocycles. The summed E-state index contributed by atoms with van der Waals surface area (Å²) in [6.07, 6.45) is 7.31. The van der Waals surface area contributed by atoms with E-state index in [2.05, 4.69) is 23.2 Å². The zero-order chi connectivity index (χ0) is 14.7. The zero-order valence-electron chi connectivity index (χ0n) is 13.3. The van der Waals surface area contributed by atoms with Crippen LogP contribution in [0.5, 0.6) is 0 Å². The molecule has 0 saturated heterocycles. The highest BCUT2D eigenvalue weighted by atomic mass is 16.5. The van der Waals surface area contributed by atoms with Gasteiger partial charge in [-0.2, -0.15) is 0 Å². The fraction of sp³-hybridized carbons (Fsp3) is 0.765. The Morgan fingerprint density at radius 2 is 2.19 bits per heavy atom. The van der Waals surface area contributed by atoms with Crippen molar-refractivity contribution in [2.24, 2.45) is 5.92 Å². The first-order chi connectivity index (χ1) is 10.3. The standard InChI is InChI=1S/C17H28N2O2/c1-13(15-3-4-15)19(7-8-20-2)11-17-9-14(12-21-17)10-18-16-5-6-16/h9,12-13,15-16,18H,3-8,10-11H2,1-2H3. The highest BCUT2D eigenvalue weighted by Gasteiger charge is 2.32. The molecule has 118 valence electrons. The molecule has 3 rings (SSSR count). The van der Waals surface area contributed by atoms with Crippen LogP contribution >= 0.6 is 0 Å².